The molecule has 0 radical (unpaired) electrons. The van der Waals surface area contributed by atoms with Crippen LogP contribution in [0.1, 0.15) is 97.9 Å². The average molecular weight is 586 g/mol. The Morgan fingerprint density at radius 3 is 2.07 bits per heavy atom. The SMILES string of the molecule is CCc1ccc(C(C(=O)Nc2c(C)cccc2Cl)N(C(=O)C(NC(=O)OC(C)(C)C)C(C)CC)C(C)(C)CC)cc1. The topological polar surface area (TPSA) is 87.7 Å². The molecule has 0 saturated heterocycles. The number of ether oxygens (including phenoxy) is 1. The Bertz CT molecular complexity index is 1180. The van der Waals surface area contributed by atoms with Crippen molar-refractivity contribution in [1.82, 2.24) is 10.2 Å². The molecular weight excluding hydrogens is 538 g/mol. The van der Waals surface area contributed by atoms with Crippen molar-refractivity contribution < 1.29 is 19.1 Å². The van der Waals surface area contributed by atoms with Gasteiger partial charge in [0, 0.05) is 5.54 Å². The maximum atomic E-state index is 14.6. The van der Waals surface area contributed by atoms with Crippen molar-refractivity contribution in [3.8, 4) is 0 Å². The van der Waals surface area contributed by atoms with Gasteiger partial charge in [-0.25, -0.2) is 4.79 Å². The van der Waals surface area contributed by atoms with Crippen molar-refractivity contribution in [2.75, 3.05) is 5.32 Å². The first-order valence-corrected chi connectivity index (χ1v) is 14.9. The molecule has 0 aliphatic heterocycles. The van der Waals surface area contributed by atoms with E-state index in [9.17, 15) is 14.4 Å². The number of carbonyl (C=O) groups excluding carboxylic acids is 3. The Balaban J connectivity index is 2.71. The summed E-state index contributed by atoms with van der Waals surface area (Å²) in [5.41, 5.74) is 1.61. The van der Waals surface area contributed by atoms with Crippen LogP contribution < -0.4 is 10.6 Å². The van der Waals surface area contributed by atoms with Crippen molar-refractivity contribution in [2.45, 2.75) is 112 Å². The molecule has 0 bridgehead atoms. The summed E-state index contributed by atoms with van der Waals surface area (Å²) < 4.78 is 5.51. The van der Waals surface area contributed by atoms with Crippen LogP contribution in [0.5, 0.6) is 0 Å². The largest absolute Gasteiger partial charge is 0.444 e. The van der Waals surface area contributed by atoms with E-state index in [1.165, 1.54) is 0 Å². The molecule has 0 heterocycles. The van der Waals surface area contributed by atoms with Crippen molar-refractivity contribution in [3.05, 3.63) is 64.2 Å². The molecule has 8 heteroatoms. The molecular formula is C33H48ClN3O4. The molecule has 0 aromatic heterocycles. The molecule has 3 atom stereocenters. The summed E-state index contributed by atoms with van der Waals surface area (Å²) in [7, 11) is 0. The van der Waals surface area contributed by atoms with E-state index in [1.54, 1.807) is 31.7 Å². The summed E-state index contributed by atoms with van der Waals surface area (Å²) in [6.07, 6.45) is 1.37. The van der Waals surface area contributed by atoms with Crippen molar-refractivity contribution in [1.29, 1.82) is 0 Å². The van der Waals surface area contributed by atoms with Gasteiger partial charge in [0.2, 0.25) is 5.91 Å². The van der Waals surface area contributed by atoms with E-state index in [-0.39, 0.29) is 17.7 Å². The number of hydrogen-bond acceptors (Lipinski definition) is 4. The Labute approximate surface area is 251 Å². The number of hydrogen-bond donors (Lipinski definition) is 2. The first-order chi connectivity index (χ1) is 19.1. The van der Waals surface area contributed by atoms with E-state index in [0.717, 1.165) is 17.5 Å². The molecule has 0 aliphatic rings. The Hall–Kier alpha value is -3.06. The lowest BCUT2D eigenvalue weighted by molar-refractivity contribution is -0.148. The number of alkyl carbamates (subject to hydrolysis) is 1. The van der Waals surface area contributed by atoms with Gasteiger partial charge in [-0.3, -0.25) is 9.59 Å². The van der Waals surface area contributed by atoms with Crippen LogP contribution in [0.2, 0.25) is 5.02 Å². The Morgan fingerprint density at radius 1 is 0.976 bits per heavy atom. The van der Waals surface area contributed by atoms with Crippen molar-refractivity contribution >= 4 is 35.2 Å². The van der Waals surface area contributed by atoms with Gasteiger partial charge in [-0.05, 0) is 83.1 Å². The minimum absolute atomic E-state index is 0.220. The molecule has 0 saturated carbocycles. The van der Waals surface area contributed by atoms with Crippen molar-refractivity contribution in [3.63, 3.8) is 0 Å². The maximum absolute atomic E-state index is 14.6. The molecule has 0 aliphatic carbocycles. The summed E-state index contributed by atoms with van der Waals surface area (Å²) in [5, 5.41) is 6.25. The fourth-order valence-corrected chi connectivity index (χ4v) is 4.82. The predicted octanol–water partition coefficient (Wildman–Crippen LogP) is 7.85. The second-order valence-corrected chi connectivity index (χ2v) is 12.7. The smallest absolute Gasteiger partial charge is 0.408 e. The number of benzene rings is 2. The molecule has 2 N–H and O–H groups in total. The van der Waals surface area contributed by atoms with Crippen LogP contribution in [0.25, 0.3) is 0 Å². The molecule has 0 spiro atoms. The number of carbonyl (C=O) groups is 3. The monoisotopic (exact) mass is 585 g/mol. The van der Waals surface area contributed by atoms with E-state index in [0.29, 0.717) is 29.1 Å². The summed E-state index contributed by atoms with van der Waals surface area (Å²) in [5.74, 6) is -0.963. The molecule has 2 aromatic rings. The number of amides is 3. The van der Waals surface area contributed by atoms with E-state index in [2.05, 4.69) is 17.6 Å². The van der Waals surface area contributed by atoms with Gasteiger partial charge in [-0.1, -0.05) is 82.1 Å². The number of nitrogens with zero attached hydrogens (tertiary/aromatic N) is 1. The number of aryl methyl sites for hydroxylation is 2. The molecule has 41 heavy (non-hydrogen) atoms. The molecule has 3 unspecified atom stereocenters. The first kappa shape index (κ1) is 34.1. The van der Waals surface area contributed by atoms with Gasteiger partial charge in [0.05, 0.1) is 10.7 Å². The zero-order chi connectivity index (χ0) is 31.1. The summed E-state index contributed by atoms with van der Waals surface area (Å²) >= 11 is 6.49. The number of halogens is 1. The lowest BCUT2D eigenvalue weighted by Crippen LogP contribution is -2.60. The van der Waals surface area contributed by atoms with Crippen LogP contribution >= 0.6 is 11.6 Å². The van der Waals surface area contributed by atoms with Gasteiger partial charge in [-0.2, -0.15) is 0 Å². The molecule has 2 aromatic carbocycles. The Morgan fingerprint density at radius 2 is 1.59 bits per heavy atom. The summed E-state index contributed by atoms with van der Waals surface area (Å²) in [6, 6.07) is 11.3. The van der Waals surface area contributed by atoms with E-state index >= 15 is 0 Å². The van der Waals surface area contributed by atoms with Gasteiger partial charge in [-0.15, -0.1) is 0 Å². The molecule has 3 amide bonds. The molecule has 226 valence electrons. The van der Waals surface area contributed by atoms with Gasteiger partial charge in [0.1, 0.15) is 17.7 Å². The highest BCUT2D eigenvalue weighted by Gasteiger charge is 2.44. The normalized spacial score (nSPS) is 14.0. The van der Waals surface area contributed by atoms with Crippen LogP contribution in [0, 0.1) is 12.8 Å². The van der Waals surface area contributed by atoms with Gasteiger partial charge >= 0.3 is 6.09 Å². The summed E-state index contributed by atoms with van der Waals surface area (Å²) in [6.45, 7) is 19.0. The Kier molecular flexibility index (Phi) is 11.8. The minimum Gasteiger partial charge on any atom is -0.444 e. The quantitative estimate of drug-likeness (QED) is 0.281. The zero-order valence-electron chi connectivity index (χ0n) is 26.4. The van der Waals surface area contributed by atoms with Crippen molar-refractivity contribution in [2.24, 2.45) is 5.92 Å². The number of rotatable bonds is 11. The maximum Gasteiger partial charge on any atom is 0.408 e. The predicted molar refractivity (Wildman–Crippen MR) is 167 cm³/mol. The molecule has 7 nitrogen and oxygen atoms in total. The van der Waals surface area contributed by atoms with Crippen LogP contribution in [0.15, 0.2) is 42.5 Å². The zero-order valence-corrected chi connectivity index (χ0v) is 27.1. The van der Waals surface area contributed by atoms with Gasteiger partial charge < -0.3 is 20.3 Å². The van der Waals surface area contributed by atoms with Crippen LogP contribution in [-0.2, 0) is 20.7 Å². The van der Waals surface area contributed by atoms with Gasteiger partial charge in [0.15, 0.2) is 0 Å². The highest BCUT2D eigenvalue weighted by molar-refractivity contribution is 6.34. The number of anilines is 1. The molecule has 2 rings (SSSR count). The fraction of sp³-hybridized carbons (Fsp3) is 0.545. The fourth-order valence-electron chi connectivity index (χ4n) is 4.55. The second-order valence-electron chi connectivity index (χ2n) is 12.3. The van der Waals surface area contributed by atoms with E-state index in [1.807, 2.05) is 77.9 Å². The van der Waals surface area contributed by atoms with Gasteiger partial charge in [0.25, 0.3) is 5.91 Å². The number of nitrogens with one attached hydrogen (secondary N) is 2. The standard InChI is InChI=1S/C33H48ClN3O4/c1-11-21(4)27(36-31(40)41-32(6,7)8)30(39)37(33(9,10)13-3)28(24-19-17-23(12-2)18-20-24)29(38)35-26-22(5)15-14-16-25(26)34/h14-21,27-28H,11-13H2,1-10H3,(H,35,38)(H,36,40). The lowest BCUT2D eigenvalue weighted by atomic mass is 9.89. The third-order valence-corrected chi connectivity index (χ3v) is 7.90. The second kappa shape index (κ2) is 14.2. The minimum atomic E-state index is -0.994. The highest BCUT2D eigenvalue weighted by atomic mass is 35.5. The number of para-hydroxylation sites is 1. The lowest BCUT2D eigenvalue weighted by Gasteiger charge is -2.45. The third kappa shape index (κ3) is 8.96. The molecule has 0 fully saturated rings. The van der Waals surface area contributed by atoms with E-state index in [4.69, 9.17) is 16.3 Å². The average Bonchev–Trinajstić information content (AvgIpc) is 2.90. The van der Waals surface area contributed by atoms with Crippen LogP contribution in [0.4, 0.5) is 10.5 Å². The van der Waals surface area contributed by atoms with E-state index < -0.39 is 29.3 Å². The van der Waals surface area contributed by atoms with Crippen LogP contribution in [-0.4, -0.2) is 40.0 Å². The first-order valence-electron chi connectivity index (χ1n) is 14.5. The van der Waals surface area contributed by atoms with Crippen LogP contribution in [0.3, 0.4) is 0 Å². The highest BCUT2D eigenvalue weighted by Crippen LogP contribution is 2.35. The summed E-state index contributed by atoms with van der Waals surface area (Å²) in [4.78, 5) is 43.4. The third-order valence-electron chi connectivity index (χ3n) is 7.59.